The third-order valence-corrected chi connectivity index (χ3v) is 2.87. The Morgan fingerprint density at radius 1 is 1.50 bits per heavy atom. The molecule has 4 N–H and O–H groups in total. The lowest BCUT2D eigenvalue weighted by Crippen LogP contribution is -2.44. The molecule has 2 atom stereocenters. The number of hydrogen-bond donors (Lipinski definition) is 3. The van der Waals surface area contributed by atoms with Crippen LogP contribution >= 0.6 is 0 Å². The van der Waals surface area contributed by atoms with Crippen molar-refractivity contribution < 1.29 is 19.1 Å². The molecule has 0 aliphatic rings. The predicted octanol–water partition coefficient (Wildman–Crippen LogP) is 0.967. The molecule has 1 aromatic heterocycles. The number of amides is 1. The average molecular weight is 254 g/mol. The number of furan rings is 1. The Balaban J connectivity index is 2.49. The number of carboxylic acid groups (broad SMARTS) is 1. The SMILES string of the molecule is CCC(C)[C@H](N)C(=O)NCc1ccc(C(=O)O)o1. The minimum Gasteiger partial charge on any atom is -0.475 e. The Bertz CT molecular complexity index is 427. The second-order valence-corrected chi connectivity index (χ2v) is 4.20. The van der Waals surface area contributed by atoms with Crippen LogP contribution in [0, 0.1) is 5.92 Å². The van der Waals surface area contributed by atoms with Crippen LogP contribution in [0.5, 0.6) is 0 Å². The Morgan fingerprint density at radius 3 is 2.67 bits per heavy atom. The smallest absolute Gasteiger partial charge is 0.371 e. The number of aromatic carboxylic acids is 1. The fraction of sp³-hybridized carbons (Fsp3) is 0.500. The van der Waals surface area contributed by atoms with E-state index in [0.717, 1.165) is 6.42 Å². The van der Waals surface area contributed by atoms with Gasteiger partial charge in [-0.1, -0.05) is 20.3 Å². The van der Waals surface area contributed by atoms with Gasteiger partial charge in [0.25, 0.3) is 0 Å². The van der Waals surface area contributed by atoms with Gasteiger partial charge in [-0.05, 0) is 18.1 Å². The Kier molecular flexibility index (Phi) is 4.91. The van der Waals surface area contributed by atoms with Crippen molar-refractivity contribution in [3.05, 3.63) is 23.7 Å². The summed E-state index contributed by atoms with van der Waals surface area (Å²) in [6.07, 6.45) is 0.818. The van der Waals surface area contributed by atoms with Crippen LogP contribution in [0.25, 0.3) is 0 Å². The van der Waals surface area contributed by atoms with Crippen LogP contribution in [0.3, 0.4) is 0 Å². The van der Waals surface area contributed by atoms with E-state index in [1.165, 1.54) is 12.1 Å². The molecule has 6 nitrogen and oxygen atoms in total. The summed E-state index contributed by atoms with van der Waals surface area (Å²) in [7, 11) is 0. The van der Waals surface area contributed by atoms with Crippen LogP contribution in [0.2, 0.25) is 0 Å². The summed E-state index contributed by atoms with van der Waals surface area (Å²) in [6.45, 7) is 4.00. The van der Waals surface area contributed by atoms with E-state index in [0.29, 0.717) is 5.76 Å². The van der Waals surface area contributed by atoms with Gasteiger partial charge in [0.15, 0.2) is 0 Å². The first-order valence-corrected chi connectivity index (χ1v) is 5.81. The fourth-order valence-electron chi connectivity index (χ4n) is 1.39. The molecule has 1 unspecified atom stereocenters. The molecular weight excluding hydrogens is 236 g/mol. The van der Waals surface area contributed by atoms with Gasteiger partial charge >= 0.3 is 5.97 Å². The Morgan fingerprint density at radius 2 is 2.17 bits per heavy atom. The Hall–Kier alpha value is -1.82. The lowest BCUT2D eigenvalue weighted by molar-refractivity contribution is -0.123. The molecule has 1 rings (SSSR count). The van der Waals surface area contributed by atoms with Gasteiger partial charge in [0, 0.05) is 0 Å². The van der Waals surface area contributed by atoms with Crippen LogP contribution in [0.1, 0.15) is 36.6 Å². The number of carbonyl (C=O) groups excluding carboxylic acids is 1. The van der Waals surface area contributed by atoms with Crippen LogP contribution in [-0.4, -0.2) is 23.0 Å². The van der Waals surface area contributed by atoms with Crippen molar-refractivity contribution >= 4 is 11.9 Å². The first-order chi connectivity index (χ1) is 8.45. The van der Waals surface area contributed by atoms with Gasteiger partial charge in [0.2, 0.25) is 11.7 Å². The van der Waals surface area contributed by atoms with Gasteiger partial charge in [-0.15, -0.1) is 0 Å². The topological polar surface area (TPSA) is 106 Å². The van der Waals surface area contributed by atoms with E-state index in [2.05, 4.69) is 5.32 Å². The Labute approximate surface area is 105 Å². The van der Waals surface area contributed by atoms with Crippen LogP contribution < -0.4 is 11.1 Å². The molecule has 6 heteroatoms. The molecule has 0 saturated carbocycles. The number of hydrogen-bond acceptors (Lipinski definition) is 4. The summed E-state index contributed by atoms with van der Waals surface area (Å²) in [5.74, 6) is -1.07. The lowest BCUT2D eigenvalue weighted by atomic mass is 9.99. The summed E-state index contributed by atoms with van der Waals surface area (Å²) in [5, 5.41) is 11.3. The molecule has 1 amide bonds. The van der Waals surface area contributed by atoms with E-state index in [1.807, 2.05) is 13.8 Å². The van der Waals surface area contributed by atoms with Gasteiger partial charge in [-0.25, -0.2) is 4.79 Å². The van der Waals surface area contributed by atoms with Crippen LogP contribution in [0.15, 0.2) is 16.5 Å². The highest BCUT2D eigenvalue weighted by Gasteiger charge is 2.19. The first-order valence-electron chi connectivity index (χ1n) is 5.81. The number of nitrogens with one attached hydrogen (secondary N) is 1. The highest BCUT2D eigenvalue weighted by Crippen LogP contribution is 2.08. The highest BCUT2D eigenvalue weighted by molar-refractivity contribution is 5.84. The number of rotatable bonds is 6. The molecule has 18 heavy (non-hydrogen) atoms. The summed E-state index contributed by atoms with van der Waals surface area (Å²) < 4.78 is 5.01. The van der Waals surface area contributed by atoms with E-state index >= 15 is 0 Å². The maximum atomic E-state index is 11.7. The molecule has 0 saturated heterocycles. The van der Waals surface area contributed by atoms with Crippen molar-refractivity contribution in [1.82, 2.24) is 5.32 Å². The quantitative estimate of drug-likeness (QED) is 0.701. The summed E-state index contributed by atoms with van der Waals surface area (Å²) in [6, 6.07) is 2.29. The second kappa shape index (κ2) is 6.20. The summed E-state index contributed by atoms with van der Waals surface area (Å²) in [4.78, 5) is 22.3. The molecule has 0 fully saturated rings. The van der Waals surface area contributed by atoms with Gasteiger partial charge < -0.3 is 20.6 Å². The number of carbonyl (C=O) groups is 2. The van der Waals surface area contributed by atoms with E-state index in [-0.39, 0.29) is 24.1 Å². The molecule has 0 aliphatic carbocycles. The van der Waals surface area contributed by atoms with Gasteiger partial charge in [0.1, 0.15) is 5.76 Å². The fourth-order valence-corrected chi connectivity index (χ4v) is 1.39. The van der Waals surface area contributed by atoms with Gasteiger partial charge in [-0.3, -0.25) is 4.79 Å². The molecule has 0 aliphatic heterocycles. The molecule has 0 aromatic carbocycles. The average Bonchev–Trinajstić information content (AvgIpc) is 2.82. The van der Waals surface area contributed by atoms with Crippen molar-refractivity contribution in [3.63, 3.8) is 0 Å². The number of nitrogens with two attached hydrogens (primary N) is 1. The minimum atomic E-state index is -1.14. The first kappa shape index (κ1) is 14.2. The summed E-state index contributed by atoms with van der Waals surface area (Å²) >= 11 is 0. The van der Waals surface area contributed by atoms with E-state index in [9.17, 15) is 9.59 Å². The molecule has 1 heterocycles. The van der Waals surface area contributed by atoms with Crippen LogP contribution in [-0.2, 0) is 11.3 Å². The lowest BCUT2D eigenvalue weighted by Gasteiger charge is -2.17. The number of carboxylic acids is 1. The maximum Gasteiger partial charge on any atom is 0.371 e. The monoisotopic (exact) mass is 254 g/mol. The maximum absolute atomic E-state index is 11.7. The van der Waals surface area contributed by atoms with Crippen LogP contribution in [0.4, 0.5) is 0 Å². The van der Waals surface area contributed by atoms with Gasteiger partial charge in [0.05, 0.1) is 12.6 Å². The zero-order valence-corrected chi connectivity index (χ0v) is 10.5. The largest absolute Gasteiger partial charge is 0.475 e. The van der Waals surface area contributed by atoms with E-state index in [4.69, 9.17) is 15.3 Å². The predicted molar refractivity (Wildman–Crippen MR) is 64.9 cm³/mol. The van der Waals surface area contributed by atoms with E-state index in [1.54, 1.807) is 0 Å². The highest BCUT2D eigenvalue weighted by atomic mass is 16.4. The normalized spacial score (nSPS) is 13.9. The zero-order chi connectivity index (χ0) is 13.7. The molecule has 100 valence electrons. The third kappa shape index (κ3) is 3.59. The van der Waals surface area contributed by atoms with Crippen molar-refractivity contribution in [2.24, 2.45) is 11.7 Å². The third-order valence-electron chi connectivity index (χ3n) is 2.87. The molecule has 1 aromatic rings. The molecule has 0 radical (unpaired) electrons. The molecule has 0 spiro atoms. The second-order valence-electron chi connectivity index (χ2n) is 4.20. The minimum absolute atomic E-state index is 0.0937. The van der Waals surface area contributed by atoms with Crippen molar-refractivity contribution in [1.29, 1.82) is 0 Å². The summed E-state index contributed by atoms with van der Waals surface area (Å²) in [5.41, 5.74) is 5.75. The standard InChI is InChI=1S/C12H18N2O4/c1-3-7(2)10(13)11(15)14-6-8-4-5-9(18-8)12(16)17/h4-5,7,10H,3,6,13H2,1-2H3,(H,14,15)(H,16,17)/t7?,10-/m0/s1. The van der Waals surface area contributed by atoms with Crippen molar-refractivity contribution in [3.8, 4) is 0 Å². The van der Waals surface area contributed by atoms with Crippen molar-refractivity contribution in [2.75, 3.05) is 0 Å². The molecular formula is C12H18N2O4. The zero-order valence-electron chi connectivity index (χ0n) is 10.5. The molecule has 0 bridgehead atoms. The van der Waals surface area contributed by atoms with Crippen molar-refractivity contribution in [2.45, 2.75) is 32.9 Å². The van der Waals surface area contributed by atoms with E-state index < -0.39 is 12.0 Å². The van der Waals surface area contributed by atoms with Gasteiger partial charge in [-0.2, -0.15) is 0 Å².